The van der Waals surface area contributed by atoms with Gasteiger partial charge in [-0.2, -0.15) is 0 Å². The minimum absolute atomic E-state index is 0.0761. The van der Waals surface area contributed by atoms with Gasteiger partial charge in [-0.3, -0.25) is 10.5 Å². The van der Waals surface area contributed by atoms with Crippen molar-refractivity contribution in [2.45, 2.75) is 37.8 Å². The van der Waals surface area contributed by atoms with E-state index < -0.39 is 0 Å². The van der Waals surface area contributed by atoms with E-state index in [4.69, 9.17) is 10.6 Å². The van der Waals surface area contributed by atoms with Crippen molar-refractivity contribution in [1.29, 1.82) is 0 Å². The average molecular weight is 225 g/mol. The first-order chi connectivity index (χ1) is 7.67. The molecule has 0 amide bonds. The molecule has 0 aliphatic carbocycles. The van der Waals surface area contributed by atoms with E-state index in [1.165, 1.54) is 6.42 Å². The Labute approximate surface area is 95.1 Å². The van der Waals surface area contributed by atoms with Crippen molar-refractivity contribution >= 4 is 0 Å². The van der Waals surface area contributed by atoms with Crippen molar-refractivity contribution in [3.8, 4) is 0 Å². The molecule has 16 heavy (non-hydrogen) atoms. The van der Waals surface area contributed by atoms with E-state index in [2.05, 4.69) is 22.7 Å². The molecule has 1 aliphatic rings. The van der Waals surface area contributed by atoms with Crippen LogP contribution in [-0.2, 0) is 11.8 Å². The highest BCUT2D eigenvalue weighted by molar-refractivity contribution is 5.09. The number of rotatable bonds is 3. The van der Waals surface area contributed by atoms with E-state index in [1.807, 2.05) is 7.05 Å². The quantitative estimate of drug-likeness (QED) is 0.570. The average Bonchev–Trinajstić information content (AvgIpc) is 2.67. The fourth-order valence-corrected chi connectivity index (χ4v) is 2.32. The molecular formula is C10H19N5O. The number of nitrogens with one attached hydrogen (secondary N) is 1. The molecule has 2 heterocycles. The van der Waals surface area contributed by atoms with Gasteiger partial charge in [-0.1, -0.05) is 5.21 Å². The number of nitrogens with two attached hydrogens (primary N) is 1. The highest BCUT2D eigenvalue weighted by Crippen LogP contribution is 2.35. The first-order valence-corrected chi connectivity index (χ1v) is 5.62. The number of hydrogen-bond acceptors (Lipinski definition) is 5. The van der Waals surface area contributed by atoms with Crippen LogP contribution in [0.4, 0.5) is 0 Å². The summed E-state index contributed by atoms with van der Waals surface area (Å²) < 4.78 is 7.62. The lowest BCUT2D eigenvalue weighted by Gasteiger charge is -2.39. The predicted molar refractivity (Wildman–Crippen MR) is 59.3 cm³/mol. The molecule has 0 radical (unpaired) electrons. The summed E-state index contributed by atoms with van der Waals surface area (Å²) in [5, 5.41) is 7.81. The van der Waals surface area contributed by atoms with Crippen LogP contribution >= 0.6 is 0 Å². The fourth-order valence-electron chi connectivity index (χ4n) is 2.32. The molecule has 1 aromatic heterocycles. The summed E-state index contributed by atoms with van der Waals surface area (Å²) in [5.41, 5.74) is 3.51. The molecule has 1 saturated heterocycles. The monoisotopic (exact) mass is 225 g/mol. The Bertz CT molecular complexity index is 345. The fraction of sp³-hybridized carbons (Fsp3) is 0.800. The van der Waals surface area contributed by atoms with Crippen LogP contribution in [0.1, 0.15) is 37.9 Å². The van der Waals surface area contributed by atoms with Crippen molar-refractivity contribution in [1.82, 2.24) is 20.4 Å². The SMILES string of the molecule is Cn1nncc1C(NN)C1(C)CCCCO1. The van der Waals surface area contributed by atoms with Gasteiger partial charge in [0, 0.05) is 13.7 Å². The minimum atomic E-state index is -0.275. The van der Waals surface area contributed by atoms with E-state index >= 15 is 0 Å². The third-order valence-corrected chi connectivity index (χ3v) is 3.32. The zero-order chi connectivity index (χ0) is 11.6. The van der Waals surface area contributed by atoms with Gasteiger partial charge in [0.2, 0.25) is 0 Å². The zero-order valence-electron chi connectivity index (χ0n) is 9.81. The molecule has 2 unspecified atom stereocenters. The van der Waals surface area contributed by atoms with Crippen molar-refractivity contribution in [3.63, 3.8) is 0 Å². The first kappa shape index (κ1) is 11.5. The van der Waals surface area contributed by atoms with Gasteiger partial charge in [0.15, 0.2) is 0 Å². The molecule has 0 spiro atoms. The van der Waals surface area contributed by atoms with Gasteiger partial charge >= 0.3 is 0 Å². The van der Waals surface area contributed by atoms with Gasteiger partial charge < -0.3 is 4.74 Å². The summed E-state index contributed by atoms with van der Waals surface area (Å²) in [6.45, 7) is 2.88. The van der Waals surface area contributed by atoms with Gasteiger partial charge in [0.25, 0.3) is 0 Å². The van der Waals surface area contributed by atoms with Gasteiger partial charge in [0.1, 0.15) is 0 Å². The highest BCUT2D eigenvalue weighted by Gasteiger charge is 2.38. The molecule has 3 N–H and O–H groups in total. The Kier molecular flexibility index (Phi) is 3.22. The third kappa shape index (κ3) is 1.95. The second-order valence-electron chi connectivity index (χ2n) is 4.50. The van der Waals surface area contributed by atoms with Crippen molar-refractivity contribution in [3.05, 3.63) is 11.9 Å². The maximum atomic E-state index is 5.89. The molecule has 1 aromatic rings. The number of ether oxygens (including phenoxy) is 1. The lowest BCUT2D eigenvalue weighted by molar-refractivity contribution is -0.0913. The number of nitrogens with zero attached hydrogens (tertiary/aromatic N) is 3. The van der Waals surface area contributed by atoms with E-state index in [0.717, 1.165) is 25.1 Å². The first-order valence-electron chi connectivity index (χ1n) is 5.62. The lowest BCUT2D eigenvalue weighted by Crippen LogP contribution is -2.48. The number of hydrogen-bond donors (Lipinski definition) is 2. The Morgan fingerprint density at radius 1 is 1.62 bits per heavy atom. The summed E-state index contributed by atoms with van der Waals surface area (Å²) in [6, 6.07) is -0.0761. The summed E-state index contributed by atoms with van der Waals surface area (Å²) in [7, 11) is 1.86. The summed E-state index contributed by atoms with van der Waals surface area (Å²) in [4.78, 5) is 0. The third-order valence-electron chi connectivity index (χ3n) is 3.32. The Hall–Kier alpha value is -0.980. The van der Waals surface area contributed by atoms with Crippen LogP contribution in [0.3, 0.4) is 0 Å². The number of aryl methyl sites for hydroxylation is 1. The van der Waals surface area contributed by atoms with Gasteiger partial charge in [-0.05, 0) is 26.2 Å². The normalized spacial score (nSPS) is 27.9. The molecule has 0 saturated carbocycles. The van der Waals surface area contributed by atoms with Crippen molar-refractivity contribution in [2.24, 2.45) is 12.9 Å². The van der Waals surface area contributed by atoms with Crippen LogP contribution in [-0.4, -0.2) is 27.2 Å². The van der Waals surface area contributed by atoms with Crippen LogP contribution in [0.5, 0.6) is 0 Å². The standard InChI is InChI=1S/C10H19N5O/c1-10(5-3-4-6-16-10)9(13-11)8-7-12-14-15(8)2/h7,9,13H,3-6,11H2,1-2H3. The lowest BCUT2D eigenvalue weighted by atomic mass is 9.87. The predicted octanol–water partition coefficient (Wildman–Crippen LogP) is 0.279. The second kappa shape index (κ2) is 4.48. The molecular weight excluding hydrogens is 206 g/mol. The largest absolute Gasteiger partial charge is 0.373 e. The molecule has 2 rings (SSSR count). The molecule has 1 aliphatic heterocycles. The van der Waals surface area contributed by atoms with E-state index in [9.17, 15) is 0 Å². The molecule has 2 atom stereocenters. The van der Waals surface area contributed by atoms with Gasteiger partial charge in [0.05, 0.1) is 23.5 Å². The Morgan fingerprint density at radius 2 is 2.44 bits per heavy atom. The second-order valence-corrected chi connectivity index (χ2v) is 4.50. The van der Waals surface area contributed by atoms with E-state index in [1.54, 1.807) is 10.9 Å². The Balaban J connectivity index is 2.24. The summed E-state index contributed by atoms with van der Waals surface area (Å²) in [6.07, 6.45) is 5.01. The Morgan fingerprint density at radius 3 is 2.94 bits per heavy atom. The number of hydrazine groups is 1. The van der Waals surface area contributed by atoms with Crippen molar-refractivity contribution in [2.75, 3.05) is 6.61 Å². The smallest absolute Gasteiger partial charge is 0.0931 e. The van der Waals surface area contributed by atoms with Crippen LogP contribution in [0.25, 0.3) is 0 Å². The van der Waals surface area contributed by atoms with E-state index in [-0.39, 0.29) is 11.6 Å². The topological polar surface area (TPSA) is 78.0 Å². The molecule has 90 valence electrons. The van der Waals surface area contributed by atoms with Gasteiger partial charge in [-0.25, -0.2) is 5.43 Å². The van der Waals surface area contributed by atoms with Gasteiger partial charge in [-0.15, -0.1) is 5.10 Å². The van der Waals surface area contributed by atoms with Crippen LogP contribution in [0.2, 0.25) is 0 Å². The summed E-state index contributed by atoms with van der Waals surface area (Å²) >= 11 is 0. The highest BCUT2D eigenvalue weighted by atomic mass is 16.5. The maximum absolute atomic E-state index is 5.89. The van der Waals surface area contributed by atoms with E-state index in [0.29, 0.717) is 0 Å². The number of aromatic nitrogens is 3. The maximum Gasteiger partial charge on any atom is 0.0931 e. The summed E-state index contributed by atoms with van der Waals surface area (Å²) in [5.74, 6) is 5.65. The minimum Gasteiger partial charge on any atom is -0.373 e. The molecule has 0 bridgehead atoms. The van der Waals surface area contributed by atoms with Crippen molar-refractivity contribution < 1.29 is 4.74 Å². The van der Waals surface area contributed by atoms with Crippen LogP contribution in [0.15, 0.2) is 6.20 Å². The van der Waals surface area contributed by atoms with Crippen LogP contribution in [0, 0.1) is 0 Å². The van der Waals surface area contributed by atoms with Crippen LogP contribution < -0.4 is 11.3 Å². The molecule has 6 heteroatoms. The molecule has 0 aromatic carbocycles. The zero-order valence-corrected chi connectivity index (χ0v) is 9.81. The molecule has 6 nitrogen and oxygen atoms in total. The molecule has 1 fully saturated rings.